The van der Waals surface area contributed by atoms with E-state index in [0.717, 1.165) is 23.8 Å². The summed E-state index contributed by atoms with van der Waals surface area (Å²) in [6.45, 7) is 3.17. The van der Waals surface area contributed by atoms with Crippen LogP contribution < -0.4 is 5.32 Å². The number of rotatable bonds is 7. The molecule has 0 radical (unpaired) electrons. The maximum Gasteiger partial charge on any atom is 0.311 e. The predicted octanol–water partition coefficient (Wildman–Crippen LogP) is 1.61. The van der Waals surface area contributed by atoms with Gasteiger partial charge in [0, 0.05) is 11.4 Å². The van der Waals surface area contributed by atoms with Gasteiger partial charge in [-0.1, -0.05) is 0 Å². The number of aromatic nitrogens is 1. The van der Waals surface area contributed by atoms with E-state index in [1.54, 1.807) is 0 Å². The Morgan fingerprint density at radius 2 is 2.33 bits per heavy atom. The van der Waals surface area contributed by atoms with E-state index in [0.29, 0.717) is 6.04 Å². The van der Waals surface area contributed by atoms with E-state index in [9.17, 15) is 4.79 Å². The SMILES string of the molecule is COC(=O)Cc1csc(NC(C)CCN(C)C)n1. The van der Waals surface area contributed by atoms with Gasteiger partial charge in [-0.15, -0.1) is 11.3 Å². The molecule has 0 aliphatic heterocycles. The molecule has 0 fully saturated rings. The topological polar surface area (TPSA) is 54.5 Å². The minimum absolute atomic E-state index is 0.237. The van der Waals surface area contributed by atoms with Crippen molar-refractivity contribution < 1.29 is 9.53 Å². The predicted molar refractivity (Wildman–Crippen MR) is 74.1 cm³/mol. The van der Waals surface area contributed by atoms with E-state index in [1.165, 1.54) is 18.4 Å². The van der Waals surface area contributed by atoms with Crippen molar-refractivity contribution >= 4 is 22.4 Å². The minimum Gasteiger partial charge on any atom is -0.469 e. The van der Waals surface area contributed by atoms with Gasteiger partial charge in [0.2, 0.25) is 0 Å². The summed E-state index contributed by atoms with van der Waals surface area (Å²) in [6.07, 6.45) is 1.29. The van der Waals surface area contributed by atoms with Gasteiger partial charge in [0.15, 0.2) is 5.13 Å². The van der Waals surface area contributed by atoms with Gasteiger partial charge in [-0.05, 0) is 34.0 Å². The van der Waals surface area contributed by atoms with Crippen molar-refractivity contribution in [3.05, 3.63) is 11.1 Å². The molecule has 1 rings (SSSR count). The number of methoxy groups -OCH3 is 1. The summed E-state index contributed by atoms with van der Waals surface area (Å²) >= 11 is 1.52. The van der Waals surface area contributed by atoms with Gasteiger partial charge >= 0.3 is 5.97 Å². The monoisotopic (exact) mass is 271 g/mol. The second kappa shape index (κ2) is 7.33. The molecule has 1 aromatic heterocycles. The number of esters is 1. The molecule has 0 aliphatic rings. The molecule has 0 saturated heterocycles. The quantitative estimate of drug-likeness (QED) is 0.764. The number of nitrogens with one attached hydrogen (secondary N) is 1. The van der Waals surface area contributed by atoms with Crippen LogP contribution in [0.2, 0.25) is 0 Å². The molecule has 102 valence electrons. The van der Waals surface area contributed by atoms with Crippen molar-refractivity contribution in [3.63, 3.8) is 0 Å². The summed E-state index contributed by atoms with van der Waals surface area (Å²) in [4.78, 5) is 17.6. The van der Waals surface area contributed by atoms with Crippen molar-refractivity contribution in [2.45, 2.75) is 25.8 Å². The number of hydrogen-bond donors (Lipinski definition) is 1. The highest BCUT2D eigenvalue weighted by Gasteiger charge is 2.09. The van der Waals surface area contributed by atoms with E-state index >= 15 is 0 Å². The lowest BCUT2D eigenvalue weighted by Gasteiger charge is -2.15. The first-order chi connectivity index (χ1) is 8.51. The standard InChI is InChI=1S/C12H21N3O2S/c1-9(5-6-15(2)3)13-12-14-10(8-18-12)7-11(16)17-4/h8-9H,5-7H2,1-4H3,(H,13,14). The van der Waals surface area contributed by atoms with Crippen molar-refractivity contribution in [1.29, 1.82) is 0 Å². The normalized spacial score (nSPS) is 12.5. The molecule has 0 bridgehead atoms. The fourth-order valence-corrected chi connectivity index (χ4v) is 2.23. The molecule has 1 heterocycles. The molecular weight excluding hydrogens is 250 g/mol. The molecule has 6 heteroatoms. The van der Waals surface area contributed by atoms with E-state index in [1.807, 2.05) is 5.38 Å². The van der Waals surface area contributed by atoms with Crippen molar-refractivity contribution in [3.8, 4) is 0 Å². The fraction of sp³-hybridized carbons (Fsp3) is 0.667. The van der Waals surface area contributed by atoms with E-state index in [-0.39, 0.29) is 12.4 Å². The van der Waals surface area contributed by atoms with Crippen LogP contribution in [0.5, 0.6) is 0 Å². The average Bonchev–Trinajstić information content (AvgIpc) is 2.73. The average molecular weight is 271 g/mol. The van der Waals surface area contributed by atoms with E-state index in [2.05, 4.69) is 41.0 Å². The lowest BCUT2D eigenvalue weighted by atomic mass is 10.2. The summed E-state index contributed by atoms with van der Waals surface area (Å²) in [5.41, 5.74) is 0.758. The molecule has 1 N–H and O–H groups in total. The number of carbonyl (C=O) groups is 1. The van der Waals surface area contributed by atoms with Gasteiger partial charge in [0.05, 0.1) is 19.2 Å². The van der Waals surface area contributed by atoms with Gasteiger partial charge in [-0.3, -0.25) is 4.79 Å². The van der Waals surface area contributed by atoms with Gasteiger partial charge in [0.25, 0.3) is 0 Å². The van der Waals surface area contributed by atoms with Gasteiger partial charge in [-0.25, -0.2) is 4.98 Å². The number of carbonyl (C=O) groups excluding carboxylic acids is 1. The highest BCUT2D eigenvalue weighted by atomic mass is 32.1. The molecule has 18 heavy (non-hydrogen) atoms. The second-order valence-electron chi connectivity index (χ2n) is 4.53. The Labute approximate surface area is 112 Å². The zero-order chi connectivity index (χ0) is 13.5. The Morgan fingerprint density at radius 1 is 1.61 bits per heavy atom. The van der Waals surface area contributed by atoms with Crippen molar-refractivity contribution in [2.75, 3.05) is 33.1 Å². The van der Waals surface area contributed by atoms with Crippen LogP contribution in [0.1, 0.15) is 19.0 Å². The summed E-state index contributed by atoms with van der Waals surface area (Å²) in [6, 6.07) is 0.365. The third-order valence-electron chi connectivity index (χ3n) is 2.48. The molecule has 0 aromatic carbocycles. The van der Waals surface area contributed by atoms with Crippen LogP contribution in [0.15, 0.2) is 5.38 Å². The van der Waals surface area contributed by atoms with Crippen molar-refractivity contribution in [2.24, 2.45) is 0 Å². The first-order valence-electron chi connectivity index (χ1n) is 5.93. The number of nitrogens with zero attached hydrogens (tertiary/aromatic N) is 2. The Morgan fingerprint density at radius 3 is 2.94 bits per heavy atom. The molecule has 1 unspecified atom stereocenters. The number of anilines is 1. The fourth-order valence-electron chi connectivity index (χ4n) is 1.41. The van der Waals surface area contributed by atoms with Crippen LogP contribution in [-0.2, 0) is 16.0 Å². The van der Waals surface area contributed by atoms with Crippen LogP contribution in [0.25, 0.3) is 0 Å². The number of hydrogen-bond acceptors (Lipinski definition) is 6. The molecule has 0 spiro atoms. The number of thiazole rings is 1. The maximum atomic E-state index is 11.1. The third-order valence-corrected chi connectivity index (χ3v) is 3.31. The summed E-state index contributed by atoms with van der Waals surface area (Å²) in [5, 5.41) is 6.09. The molecular formula is C12H21N3O2S. The Kier molecular flexibility index (Phi) is 6.07. The van der Waals surface area contributed by atoms with Crippen LogP contribution in [0.3, 0.4) is 0 Å². The van der Waals surface area contributed by atoms with Crippen LogP contribution in [0, 0.1) is 0 Å². The Hall–Kier alpha value is -1.14. The summed E-state index contributed by atoms with van der Waals surface area (Å²) in [7, 11) is 5.51. The summed E-state index contributed by atoms with van der Waals surface area (Å²) in [5.74, 6) is -0.257. The third kappa shape index (κ3) is 5.46. The van der Waals surface area contributed by atoms with Crippen LogP contribution in [-0.4, -0.2) is 49.6 Å². The molecule has 0 aliphatic carbocycles. The first kappa shape index (κ1) is 14.9. The molecule has 5 nitrogen and oxygen atoms in total. The smallest absolute Gasteiger partial charge is 0.311 e. The van der Waals surface area contributed by atoms with E-state index in [4.69, 9.17) is 0 Å². The first-order valence-corrected chi connectivity index (χ1v) is 6.81. The number of ether oxygens (including phenoxy) is 1. The van der Waals surface area contributed by atoms with Gasteiger partial charge in [0.1, 0.15) is 0 Å². The maximum absolute atomic E-state index is 11.1. The van der Waals surface area contributed by atoms with Crippen LogP contribution >= 0.6 is 11.3 Å². The molecule has 1 aromatic rings. The molecule has 0 amide bonds. The highest BCUT2D eigenvalue weighted by Crippen LogP contribution is 2.17. The zero-order valence-corrected chi connectivity index (χ0v) is 12.2. The highest BCUT2D eigenvalue weighted by molar-refractivity contribution is 7.13. The second-order valence-corrected chi connectivity index (χ2v) is 5.39. The van der Waals surface area contributed by atoms with Crippen LogP contribution in [0.4, 0.5) is 5.13 Å². The summed E-state index contributed by atoms with van der Waals surface area (Å²) < 4.78 is 4.61. The lowest BCUT2D eigenvalue weighted by Crippen LogP contribution is -2.22. The molecule has 0 saturated carbocycles. The lowest BCUT2D eigenvalue weighted by molar-refractivity contribution is -0.139. The van der Waals surface area contributed by atoms with Crippen molar-refractivity contribution in [1.82, 2.24) is 9.88 Å². The Bertz CT molecular complexity index is 379. The molecule has 1 atom stereocenters. The minimum atomic E-state index is -0.257. The Balaban J connectivity index is 2.41. The van der Waals surface area contributed by atoms with Gasteiger partial charge < -0.3 is 15.0 Å². The van der Waals surface area contributed by atoms with E-state index < -0.39 is 0 Å². The largest absolute Gasteiger partial charge is 0.469 e. The zero-order valence-electron chi connectivity index (χ0n) is 11.4. The van der Waals surface area contributed by atoms with Gasteiger partial charge in [-0.2, -0.15) is 0 Å².